The van der Waals surface area contributed by atoms with Gasteiger partial charge in [-0.05, 0) is 38.1 Å². The van der Waals surface area contributed by atoms with Gasteiger partial charge >= 0.3 is 5.97 Å². The zero-order chi connectivity index (χ0) is 15.3. The van der Waals surface area contributed by atoms with Crippen molar-refractivity contribution in [1.29, 1.82) is 0 Å². The Morgan fingerprint density at radius 1 is 1.30 bits per heavy atom. The molecule has 0 aromatic heterocycles. The van der Waals surface area contributed by atoms with Gasteiger partial charge < -0.3 is 10.4 Å². The Morgan fingerprint density at radius 3 is 2.30 bits per heavy atom. The van der Waals surface area contributed by atoms with Crippen molar-refractivity contribution in [3.63, 3.8) is 0 Å². The van der Waals surface area contributed by atoms with Gasteiger partial charge in [-0.3, -0.25) is 9.59 Å². The maximum atomic E-state index is 12.1. The second-order valence-corrected chi connectivity index (χ2v) is 5.88. The van der Waals surface area contributed by atoms with Crippen molar-refractivity contribution in [2.45, 2.75) is 30.9 Å². The topological polar surface area (TPSA) is 66.4 Å². The molecule has 0 aliphatic rings. The van der Waals surface area contributed by atoms with Crippen LogP contribution in [0, 0.1) is 5.41 Å². The molecule has 0 bridgehead atoms. The number of carbonyl (C=O) groups excluding carboxylic acids is 1. The van der Waals surface area contributed by atoms with Crippen LogP contribution in [0.2, 0.25) is 0 Å². The first-order valence-corrected chi connectivity index (χ1v) is 6.67. The minimum absolute atomic E-state index is 0.171. The number of hydrogen-bond acceptors (Lipinski definition) is 3. The lowest BCUT2D eigenvalue weighted by atomic mass is 9.89. The predicted molar refractivity (Wildman–Crippen MR) is 73.0 cm³/mol. The molecule has 0 atom stereocenters. The second kappa shape index (κ2) is 6.69. The Balaban J connectivity index is 2.61. The molecule has 1 aromatic rings. The lowest BCUT2D eigenvalue weighted by molar-refractivity contribution is -0.148. The number of hydrogen-bond donors (Lipinski definition) is 2. The van der Waals surface area contributed by atoms with E-state index in [-0.39, 0.29) is 6.42 Å². The minimum atomic E-state index is -2.49. The van der Waals surface area contributed by atoms with Crippen molar-refractivity contribution in [3.05, 3.63) is 24.3 Å². The van der Waals surface area contributed by atoms with Gasteiger partial charge in [0.15, 0.2) is 0 Å². The molecule has 110 valence electrons. The number of alkyl halides is 2. The maximum absolute atomic E-state index is 12.1. The van der Waals surface area contributed by atoms with Crippen molar-refractivity contribution in [3.8, 4) is 0 Å². The van der Waals surface area contributed by atoms with E-state index in [0.29, 0.717) is 22.3 Å². The summed E-state index contributed by atoms with van der Waals surface area (Å²) in [6.07, 6.45) is -0.171. The number of carboxylic acid groups (broad SMARTS) is 1. The Labute approximate surface area is 119 Å². The van der Waals surface area contributed by atoms with Crippen molar-refractivity contribution < 1.29 is 23.5 Å². The van der Waals surface area contributed by atoms with Crippen molar-refractivity contribution in [2.75, 3.05) is 5.32 Å². The summed E-state index contributed by atoms with van der Waals surface area (Å²) in [6, 6.07) is 5.93. The molecule has 20 heavy (non-hydrogen) atoms. The average molecular weight is 303 g/mol. The Bertz CT molecular complexity index is 489. The molecule has 2 N–H and O–H groups in total. The highest BCUT2D eigenvalue weighted by molar-refractivity contribution is 7.99. The van der Waals surface area contributed by atoms with Gasteiger partial charge in [-0.25, -0.2) is 0 Å². The quantitative estimate of drug-likeness (QED) is 0.790. The van der Waals surface area contributed by atoms with Gasteiger partial charge in [0.25, 0.3) is 5.76 Å². The fourth-order valence-corrected chi connectivity index (χ4v) is 1.90. The van der Waals surface area contributed by atoms with Crippen molar-refractivity contribution >= 4 is 29.3 Å². The zero-order valence-corrected chi connectivity index (χ0v) is 11.8. The van der Waals surface area contributed by atoms with E-state index >= 15 is 0 Å². The molecule has 0 spiro atoms. The van der Waals surface area contributed by atoms with E-state index in [1.54, 1.807) is 0 Å². The highest BCUT2D eigenvalue weighted by atomic mass is 32.2. The number of halogens is 2. The van der Waals surface area contributed by atoms with Crippen LogP contribution in [-0.2, 0) is 9.59 Å². The molecule has 0 heterocycles. The van der Waals surface area contributed by atoms with Crippen LogP contribution in [0.25, 0.3) is 0 Å². The lowest BCUT2D eigenvalue weighted by Crippen LogP contribution is -2.29. The van der Waals surface area contributed by atoms with Crippen LogP contribution in [0.1, 0.15) is 20.3 Å². The van der Waals surface area contributed by atoms with Crippen LogP contribution in [-0.4, -0.2) is 22.7 Å². The predicted octanol–water partition coefficient (Wildman–Crippen LogP) is 3.44. The van der Waals surface area contributed by atoms with Gasteiger partial charge in [0.1, 0.15) is 0 Å². The third-order valence-electron chi connectivity index (χ3n) is 2.54. The van der Waals surface area contributed by atoms with Crippen LogP contribution in [0.5, 0.6) is 0 Å². The van der Waals surface area contributed by atoms with Gasteiger partial charge in [0, 0.05) is 17.0 Å². The molecule has 1 aromatic carbocycles. The normalized spacial score (nSPS) is 11.4. The van der Waals surface area contributed by atoms with E-state index in [9.17, 15) is 18.4 Å². The van der Waals surface area contributed by atoms with E-state index in [4.69, 9.17) is 5.11 Å². The minimum Gasteiger partial charge on any atom is -0.481 e. The summed E-state index contributed by atoms with van der Waals surface area (Å²) in [5.41, 5.74) is -0.718. The summed E-state index contributed by atoms with van der Waals surface area (Å²) in [5.74, 6) is -3.99. The molecule has 7 heteroatoms. The number of aliphatic carboxylic acids is 1. The summed E-state index contributed by atoms with van der Waals surface area (Å²) in [5, 5.41) is 11.5. The lowest BCUT2D eigenvalue weighted by Gasteiger charge is -2.18. The first-order chi connectivity index (χ1) is 9.20. The summed E-state index contributed by atoms with van der Waals surface area (Å²) in [6.45, 7) is 2.91. The van der Waals surface area contributed by atoms with Crippen LogP contribution >= 0.6 is 11.8 Å². The van der Waals surface area contributed by atoms with Crippen molar-refractivity contribution in [2.24, 2.45) is 5.41 Å². The highest BCUT2D eigenvalue weighted by Gasteiger charge is 2.30. The van der Waals surface area contributed by atoms with E-state index < -0.39 is 23.0 Å². The number of carbonyl (C=O) groups is 2. The molecule has 0 unspecified atom stereocenters. The van der Waals surface area contributed by atoms with Gasteiger partial charge in [-0.15, -0.1) is 0 Å². The number of anilines is 1. The molecule has 1 rings (SSSR count). The number of nitrogens with one attached hydrogen (secondary N) is 1. The Morgan fingerprint density at radius 2 is 1.85 bits per heavy atom. The highest BCUT2D eigenvalue weighted by Crippen LogP contribution is 2.26. The molecular formula is C13H15F2NO3S. The van der Waals surface area contributed by atoms with Gasteiger partial charge in [-0.2, -0.15) is 8.78 Å². The molecule has 0 saturated heterocycles. The van der Waals surface area contributed by atoms with E-state index in [0.717, 1.165) is 0 Å². The fourth-order valence-electron chi connectivity index (χ4n) is 1.40. The standard InChI is InChI=1S/C13H15F2NO3S/c1-13(2,11(18)19)7-10(17)16-8-3-5-9(6-4-8)20-12(14)15/h3-6,12H,7H2,1-2H3,(H,16,17)(H,18,19). The fraction of sp³-hybridized carbons (Fsp3) is 0.385. The van der Waals surface area contributed by atoms with Crippen LogP contribution in [0.15, 0.2) is 29.2 Å². The first kappa shape index (κ1) is 16.4. The second-order valence-electron chi connectivity index (χ2n) is 4.82. The summed E-state index contributed by atoms with van der Waals surface area (Å²) in [7, 11) is 0. The molecule has 0 saturated carbocycles. The molecule has 0 aliphatic heterocycles. The first-order valence-electron chi connectivity index (χ1n) is 5.79. The van der Waals surface area contributed by atoms with Gasteiger partial charge in [0.05, 0.1) is 5.41 Å². The summed E-state index contributed by atoms with van der Waals surface area (Å²) >= 11 is 0.416. The number of rotatable bonds is 6. The zero-order valence-electron chi connectivity index (χ0n) is 11.0. The van der Waals surface area contributed by atoms with E-state index in [1.807, 2.05) is 0 Å². The third kappa shape index (κ3) is 5.16. The third-order valence-corrected chi connectivity index (χ3v) is 3.27. The molecule has 4 nitrogen and oxygen atoms in total. The largest absolute Gasteiger partial charge is 0.481 e. The Kier molecular flexibility index (Phi) is 5.50. The SMILES string of the molecule is CC(C)(CC(=O)Nc1ccc(SC(F)F)cc1)C(=O)O. The monoisotopic (exact) mass is 303 g/mol. The van der Waals surface area contributed by atoms with E-state index in [2.05, 4.69) is 5.32 Å². The molecule has 0 aliphatic carbocycles. The number of thioether (sulfide) groups is 1. The summed E-state index contributed by atoms with van der Waals surface area (Å²) < 4.78 is 24.3. The van der Waals surface area contributed by atoms with Crippen molar-refractivity contribution in [1.82, 2.24) is 0 Å². The van der Waals surface area contributed by atoms with E-state index in [1.165, 1.54) is 38.1 Å². The van der Waals surface area contributed by atoms with Gasteiger partial charge in [-0.1, -0.05) is 11.8 Å². The number of benzene rings is 1. The maximum Gasteiger partial charge on any atom is 0.309 e. The van der Waals surface area contributed by atoms with Crippen LogP contribution < -0.4 is 5.32 Å². The number of amides is 1. The smallest absolute Gasteiger partial charge is 0.309 e. The average Bonchev–Trinajstić information content (AvgIpc) is 2.30. The number of carboxylic acids is 1. The molecule has 0 fully saturated rings. The molecule has 1 amide bonds. The van der Waals surface area contributed by atoms with Crippen LogP contribution in [0.4, 0.5) is 14.5 Å². The molecule has 0 radical (unpaired) electrons. The molecular weight excluding hydrogens is 288 g/mol. The van der Waals surface area contributed by atoms with Crippen LogP contribution in [0.3, 0.4) is 0 Å². The van der Waals surface area contributed by atoms with Gasteiger partial charge in [0.2, 0.25) is 5.91 Å². The Hall–Kier alpha value is -1.63. The summed E-state index contributed by atoms with van der Waals surface area (Å²) in [4.78, 5) is 23.0.